The fourth-order valence-electron chi connectivity index (χ4n) is 2.44. The second-order valence-corrected chi connectivity index (χ2v) is 6.53. The van der Waals surface area contributed by atoms with Crippen molar-refractivity contribution in [2.75, 3.05) is 0 Å². The average molecular weight is 355 g/mol. The summed E-state index contributed by atoms with van der Waals surface area (Å²) < 4.78 is 0. The van der Waals surface area contributed by atoms with Crippen LogP contribution in [0.25, 0.3) is 10.4 Å². The number of thiophene rings is 1. The lowest BCUT2D eigenvalue weighted by Crippen LogP contribution is -2.00. The highest BCUT2D eigenvalue weighted by atomic mass is 35.5. The Hall–Kier alpha value is -2.68. The molecule has 4 nitrogen and oxygen atoms in total. The molecule has 3 aromatic rings. The molecule has 0 unspecified atom stereocenters. The fraction of sp³-hybridized carbons (Fsp3) is 0.0556. The minimum absolute atomic E-state index is 0.188. The highest BCUT2D eigenvalue weighted by Crippen LogP contribution is 2.37. The third kappa shape index (κ3) is 3.16. The smallest absolute Gasteiger partial charge is 0.346 e. The molecule has 0 radical (unpaired) electrons. The molecule has 6 heteroatoms. The minimum atomic E-state index is -1.03. The Kier molecular flexibility index (Phi) is 4.61. The van der Waals surface area contributed by atoms with E-state index in [2.05, 4.69) is 11.1 Å². The molecule has 1 N–H and O–H groups in total. The van der Waals surface area contributed by atoms with Crippen LogP contribution in [0.2, 0.25) is 5.02 Å². The Morgan fingerprint density at radius 3 is 2.46 bits per heavy atom. The van der Waals surface area contributed by atoms with Crippen molar-refractivity contribution in [2.45, 2.75) is 6.42 Å². The van der Waals surface area contributed by atoms with E-state index in [9.17, 15) is 15.2 Å². The van der Waals surface area contributed by atoms with Crippen molar-refractivity contribution >= 4 is 28.9 Å². The van der Waals surface area contributed by atoms with Gasteiger partial charge in [-0.2, -0.15) is 5.26 Å². The molecule has 0 aliphatic carbocycles. The lowest BCUT2D eigenvalue weighted by atomic mass is 9.99. The quantitative estimate of drug-likeness (QED) is 0.741. The number of aromatic carboxylic acids is 1. The molecule has 0 bridgehead atoms. The lowest BCUT2D eigenvalue weighted by molar-refractivity contribution is 0.0701. The van der Waals surface area contributed by atoms with Crippen LogP contribution in [-0.2, 0) is 6.42 Å². The van der Waals surface area contributed by atoms with Gasteiger partial charge in [0.05, 0.1) is 10.4 Å². The zero-order valence-electron chi connectivity index (χ0n) is 12.4. The Balaban J connectivity index is 2.13. The number of carboxylic acid groups (broad SMARTS) is 1. The van der Waals surface area contributed by atoms with E-state index in [0.29, 0.717) is 27.4 Å². The molecule has 1 aromatic carbocycles. The highest BCUT2D eigenvalue weighted by Gasteiger charge is 2.23. The first-order valence-corrected chi connectivity index (χ1v) is 8.23. The van der Waals surface area contributed by atoms with Crippen molar-refractivity contribution in [1.82, 2.24) is 4.98 Å². The molecule has 24 heavy (non-hydrogen) atoms. The van der Waals surface area contributed by atoms with Crippen LogP contribution in [0.4, 0.5) is 0 Å². The van der Waals surface area contributed by atoms with Crippen LogP contribution in [0.5, 0.6) is 0 Å². The first-order chi connectivity index (χ1) is 11.6. The van der Waals surface area contributed by atoms with Crippen molar-refractivity contribution < 1.29 is 9.90 Å². The molecule has 0 spiro atoms. The number of benzene rings is 1. The summed E-state index contributed by atoms with van der Waals surface area (Å²) in [6.45, 7) is 0. The van der Waals surface area contributed by atoms with Gasteiger partial charge in [0.2, 0.25) is 0 Å². The van der Waals surface area contributed by atoms with Gasteiger partial charge in [-0.1, -0.05) is 23.7 Å². The molecular weight excluding hydrogens is 344 g/mol. The molecule has 118 valence electrons. The summed E-state index contributed by atoms with van der Waals surface area (Å²) in [4.78, 5) is 16.4. The van der Waals surface area contributed by atoms with Crippen molar-refractivity contribution in [3.8, 4) is 16.5 Å². The lowest BCUT2D eigenvalue weighted by Gasteiger charge is -2.03. The monoisotopic (exact) mass is 354 g/mol. The molecule has 3 rings (SSSR count). The highest BCUT2D eigenvalue weighted by molar-refractivity contribution is 7.17. The van der Waals surface area contributed by atoms with E-state index in [4.69, 9.17) is 11.6 Å². The first kappa shape index (κ1) is 16.2. The van der Waals surface area contributed by atoms with Gasteiger partial charge in [-0.15, -0.1) is 11.3 Å². The van der Waals surface area contributed by atoms with E-state index in [1.807, 2.05) is 12.1 Å². The van der Waals surface area contributed by atoms with Gasteiger partial charge >= 0.3 is 5.97 Å². The first-order valence-electron chi connectivity index (χ1n) is 7.04. The van der Waals surface area contributed by atoms with Crippen LogP contribution in [-0.4, -0.2) is 16.1 Å². The molecule has 0 amide bonds. The van der Waals surface area contributed by atoms with E-state index in [-0.39, 0.29) is 4.88 Å². The molecule has 0 atom stereocenters. The van der Waals surface area contributed by atoms with Crippen molar-refractivity contribution in [1.29, 1.82) is 5.26 Å². The van der Waals surface area contributed by atoms with Gasteiger partial charge in [0.25, 0.3) is 0 Å². The van der Waals surface area contributed by atoms with E-state index < -0.39 is 5.97 Å². The number of rotatable bonds is 4. The second-order valence-electron chi connectivity index (χ2n) is 5.07. The van der Waals surface area contributed by atoms with Gasteiger partial charge in [0.15, 0.2) is 0 Å². The Morgan fingerprint density at radius 2 is 1.88 bits per heavy atom. The molecule has 0 saturated heterocycles. The maximum absolute atomic E-state index is 11.6. The second kappa shape index (κ2) is 6.83. The van der Waals surface area contributed by atoms with Crippen LogP contribution in [0.15, 0.2) is 48.8 Å². The number of pyridine rings is 1. The van der Waals surface area contributed by atoms with Gasteiger partial charge in [-0.05, 0) is 35.4 Å². The van der Waals surface area contributed by atoms with Crippen molar-refractivity contribution in [3.63, 3.8) is 0 Å². The van der Waals surface area contributed by atoms with Crippen molar-refractivity contribution in [2.24, 2.45) is 0 Å². The third-order valence-electron chi connectivity index (χ3n) is 3.55. The average Bonchev–Trinajstić information content (AvgIpc) is 2.96. The van der Waals surface area contributed by atoms with E-state index in [1.165, 1.54) is 0 Å². The number of halogens is 1. The summed E-state index contributed by atoms with van der Waals surface area (Å²) in [5.41, 5.74) is 2.62. The number of nitriles is 1. The molecule has 0 aliphatic rings. The summed E-state index contributed by atoms with van der Waals surface area (Å²) in [6.07, 6.45) is 3.61. The number of carbonyl (C=O) groups is 1. The summed E-state index contributed by atoms with van der Waals surface area (Å²) in [6, 6.07) is 12.9. The molecule has 2 heterocycles. The maximum Gasteiger partial charge on any atom is 0.346 e. The summed E-state index contributed by atoms with van der Waals surface area (Å²) in [5, 5.41) is 19.8. The topological polar surface area (TPSA) is 74.0 Å². The zero-order valence-corrected chi connectivity index (χ0v) is 13.9. The Bertz CT molecular complexity index is 928. The predicted molar refractivity (Wildman–Crippen MR) is 93.5 cm³/mol. The van der Waals surface area contributed by atoms with Crippen LogP contribution >= 0.6 is 22.9 Å². The molecule has 0 aliphatic heterocycles. The molecule has 0 saturated carbocycles. The normalized spacial score (nSPS) is 10.3. The summed E-state index contributed by atoms with van der Waals surface area (Å²) in [7, 11) is 0. The van der Waals surface area contributed by atoms with Crippen LogP contribution in [0.1, 0.15) is 26.4 Å². The van der Waals surface area contributed by atoms with Crippen molar-refractivity contribution in [3.05, 3.63) is 75.4 Å². The van der Waals surface area contributed by atoms with Gasteiger partial charge < -0.3 is 5.11 Å². The van der Waals surface area contributed by atoms with E-state index in [1.54, 1.807) is 36.7 Å². The standard InChI is InChI=1S/C18H11ClN2O2S/c19-13-3-1-11(2-4-13)9-14-15(10-20)16(24-17(14)18(22)23)12-5-7-21-8-6-12/h1-8H,9H2,(H,22,23). The molecule has 0 fully saturated rings. The largest absolute Gasteiger partial charge is 0.477 e. The Labute approximate surface area is 147 Å². The van der Waals surface area contributed by atoms with E-state index >= 15 is 0 Å². The summed E-state index contributed by atoms with van der Waals surface area (Å²) in [5.74, 6) is -1.03. The number of carboxylic acids is 1. The molecular formula is C18H11ClN2O2S. The van der Waals surface area contributed by atoms with Crippen LogP contribution in [0.3, 0.4) is 0 Å². The SMILES string of the molecule is N#Cc1c(-c2ccncc2)sc(C(=O)O)c1Cc1ccc(Cl)cc1. The van der Waals surface area contributed by atoms with Gasteiger partial charge in [0.1, 0.15) is 10.9 Å². The number of hydrogen-bond donors (Lipinski definition) is 1. The Morgan fingerprint density at radius 1 is 1.21 bits per heavy atom. The fourth-order valence-corrected chi connectivity index (χ4v) is 3.68. The third-order valence-corrected chi connectivity index (χ3v) is 5.07. The van der Waals surface area contributed by atoms with Crippen LogP contribution < -0.4 is 0 Å². The molecule has 2 aromatic heterocycles. The minimum Gasteiger partial charge on any atom is -0.477 e. The number of hydrogen-bond acceptors (Lipinski definition) is 4. The number of aromatic nitrogens is 1. The van der Waals surface area contributed by atoms with Gasteiger partial charge in [-0.3, -0.25) is 4.98 Å². The summed E-state index contributed by atoms with van der Waals surface area (Å²) >= 11 is 7.01. The van der Waals surface area contributed by atoms with Gasteiger partial charge in [0, 0.05) is 29.4 Å². The zero-order chi connectivity index (χ0) is 17.1. The predicted octanol–water partition coefficient (Wildman–Crippen LogP) is 4.62. The number of nitrogens with zero attached hydrogens (tertiary/aromatic N) is 2. The van der Waals surface area contributed by atoms with Gasteiger partial charge in [-0.25, -0.2) is 4.79 Å². The van der Waals surface area contributed by atoms with Crippen LogP contribution in [0, 0.1) is 11.3 Å². The maximum atomic E-state index is 11.6. The van der Waals surface area contributed by atoms with E-state index in [0.717, 1.165) is 22.5 Å².